The van der Waals surface area contributed by atoms with Crippen molar-refractivity contribution >= 4 is 5.91 Å². The van der Waals surface area contributed by atoms with E-state index in [1.807, 2.05) is 12.2 Å². The van der Waals surface area contributed by atoms with Crippen LogP contribution in [0.1, 0.15) is 27.2 Å². The van der Waals surface area contributed by atoms with Gasteiger partial charge in [0.05, 0.1) is 0 Å². The third-order valence-electron chi connectivity index (χ3n) is 3.47. The minimum absolute atomic E-state index is 0.0400. The summed E-state index contributed by atoms with van der Waals surface area (Å²) >= 11 is 0. The Labute approximate surface area is 110 Å². The van der Waals surface area contributed by atoms with Gasteiger partial charge in [0.15, 0.2) is 0 Å². The fraction of sp³-hybridized carbons (Fsp3) is 0.438. The summed E-state index contributed by atoms with van der Waals surface area (Å²) in [5.41, 5.74) is 1.99. The van der Waals surface area contributed by atoms with E-state index in [9.17, 15) is 4.79 Å². The highest BCUT2D eigenvalue weighted by Crippen LogP contribution is 2.36. The molecule has 0 saturated heterocycles. The number of hydrogen-bond donors (Lipinski definition) is 1. The van der Waals surface area contributed by atoms with Crippen molar-refractivity contribution in [2.45, 2.75) is 27.2 Å². The van der Waals surface area contributed by atoms with Crippen LogP contribution in [0.15, 0.2) is 48.7 Å². The molecular weight excluding hydrogens is 222 g/mol. The second-order valence-corrected chi connectivity index (χ2v) is 4.94. The topological polar surface area (TPSA) is 29.1 Å². The molecule has 1 aliphatic heterocycles. The molecule has 1 amide bonds. The monoisotopic (exact) mass is 245 g/mol. The molecule has 98 valence electrons. The summed E-state index contributed by atoms with van der Waals surface area (Å²) in [6.45, 7) is 13.9. The van der Waals surface area contributed by atoms with E-state index in [1.165, 1.54) is 0 Å². The quantitative estimate of drug-likeness (QED) is 0.737. The molecule has 0 aromatic heterocycles. The lowest BCUT2D eigenvalue weighted by atomic mass is 9.73. The first-order valence-corrected chi connectivity index (χ1v) is 6.53. The lowest BCUT2D eigenvalue weighted by Gasteiger charge is -2.35. The summed E-state index contributed by atoms with van der Waals surface area (Å²) in [4.78, 5) is 12.1. The predicted octanol–water partition coefficient (Wildman–Crippen LogP) is 3.60. The number of carbonyl (C=O) groups excluding carboxylic acids is 1. The van der Waals surface area contributed by atoms with Crippen molar-refractivity contribution in [3.8, 4) is 0 Å². The zero-order valence-electron chi connectivity index (χ0n) is 11.6. The van der Waals surface area contributed by atoms with Gasteiger partial charge in [0.2, 0.25) is 5.91 Å². The van der Waals surface area contributed by atoms with Crippen molar-refractivity contribution in [1.29, 1.82) is 0 Å². The molecule has 2 atom stereocenters. The van der Waals surface area contributed by atoms with Crippen LogP contribution in [0.5, 0.6) is 0 Å². The van der Waals surface area contributed by atoms with Gasteiger partial charge >= 0.3 is 0 Å². The van der Waals surface area contributed by atoms with Gasteiger partial charge in [-0.05, 0) is 29.9 Å². The molecule has 1 heterocycles. The molecule has 1 aliphatic rings. The molecule has 18 heavy (non-hydrogen) atoms. The van der Waals surface area contributed by atoms with Crippen molar-refractivity contribution in [2.24, 2.45) is 17.8 Å². The summed E-state index contributed by atoms with van der Waals surface area (Å²) in [7, 11) is 0. The molecule has 0 aromatic rings. The number of nitrogens with one attached hydrogen (secondary N) is 1. The summed E-state index contributed by atoms with van der Waals surface area (Å²) in [6, 6.07) is 0. The van der Waals surface area contributed by atoms with Crippen LogP contribution in [0, 0.1) is 17.8 Å². The summed E-state index contributed by atoms with van der Waals surface area (Å²) < 4.78 is 0. The van der Waals surface area contributed by atoms with E-state index < -0.39 is 0 Å². The number of amides is 1. The van der Waals surface area contributed by atoms with Crippen molar-refractivity contribution in [1.82, 2.24) is 5.32 Å². The Morgan fingerprint density at radius 3 is 2.50 bits per heavy atom. The molecule has 0 aliphatic carbocycles. The maximum Gasteiger partial charge on any atom is 0.228 e. The Kier molecular flexibility index (Phi) is 5.14. The fourth-order valence-electron chi connectivity index (χ4n) is 2.66. The minimum Gasteiger partial charge on any atom is -0.326 e. The Balaban J connectivity index is 3.30. The Bertz CT molecular complexity index is 401. The SMILES string of the molecule is C=C/C=C\C1=C(C=C)NC(=O)C(CC)C1C(C)C. The highest BCUT2D eigenvalue weighted by Gasteiger charge is 2.36. The van der Waals surface area contributed by atoms with E-state index in [1.54, 1.807) is 12.2 Å². The predicted molar refractivity (Wildman–Crippen MR) is 76.8 cm³/mol. The van der Waals surface area contributed by atoms with E-state index in [4.69, 9.17) is 0 Å². The van der Waals surface area contributed by atoms with Gasteiger partial charge in [0.1, 0.15) is 0 Å². The average Bonchev–Trinajstić information content (AvgIpc) is 2.35. The van der Waals surface area contributed by atoms with Crippen molar-refractivity contribution in [3.63, 3.8) is 0 Å². The lowest BCUT2D eigenvalue weighted by molar-refractivity contribution is -0.126. The van der Waals surface area contributed by atoms with E-state index >= 15 is 0 Å². The Morgan fingerprint density at radius 2 is 2.06 bits per heavy atom. The molecule has 0 spiro atoms. The van der Waals surface area contributed by atoms with Gasteiger partial charge in [-0.1, -0.05) is 52.2 Å². The Morgan fingerprint density at radius 1 is 1.39 bits per heavy atom. The third-order valence-corrected chi connectivity index (χ3v) is 3.47. The highest BCUT2D eigenvalue weighted by atomic mass is 16.2. The summed E-state index contributed by atoms with van der Waals surface area (Å²) in [6.07, 6.45) is 8.28. The van der Waals surface area contributed by atoms with Crippen LogP contribution in [0.3, 0.4) is 0 Å². The molecule has 0 fully saturated rings. The van der Waals surface area contributed by atoms with Crippen LogP contribution in [0.4, 0.5) is 0 Å². The average molecular weight is 245 g/mol. The van der Waals surface area contributed by atoms with Crippen molar-refractivity contribution in [3.05, 3.63) is 48.7 Å². The van der Waals surface area contributed by atoms with E-state index in [0.29, 0.717) is 5.92 Å². The molecule has 0 aromatic carbocycles. The summed E-state index contributed by atoms with van der Waals surface area (Å²) in [5.74, 6) is 0.813. The number of carbonyl (C=O) groups is 1. The molecule has 0 saturated carbocycles. The van der Waals surface area contributed by atoms with E-state index in [-0.39, 0.29) is 17.7 Å². The van der Waals surface area contributed by atoms with Gasteiger partial charge in [-0.3, -0.25) is 4.79 Å². The molecule has 0 bridgehead atoms. The number of hydrogen-bond acceptors (Lipinski definition) is 1. The first kappa shape index (κ1) is 14.5. The van der Waals surface area contributed by atoms with Gasteiger partial charge in [-0.25, -0.2) is 0 Å². The lowest BCUT2D eigenvalue weighted by Crippen LogP contribution is -2.42. The van der Waals surface area contributed by atoms with Crippen molar-refractivity contribution < 1.29 is 4.79 Å². The van der Waals surface area contributed by atoms with Gasteiger partial charge in [0.25, 0.3) is 0 Å². The van der Waals surface area contributed by atoms with E-state index in [2.05, 4.69) is 39.2 Å². The van der Waals surface area contributed by atoms with Crippen LogP contribution in [-0.2, 0) is 4.79 Å². The zero-order valence-corrected chi connectivity index (χ0v) is 11.6. The van der Waals surface area contributed by atoms with E-state index in [0.717, 1.165) is 17.7 Å². The second-order valence-electron chi connectivity index (χ2n) is 4.94. The molecular formula is C16H23NO. The van der Waals surface area contributed by atoms with Gasteiger partial charge in [-0.15, -0.1) is 0 Å². The highest BCUT2D eigenvalue weighted by molar-refractivity contribution is 5.83. The maximum absolute atomic E-state index is 12.1. The molecule has 2 heteroatoms. The van der Waals surface area contributed by atoms with Gasteiger partial charge < -0.3 is 5.32 Å². The van der Waals surface area contributed by atoms with Crippen LogP contribution in [0.25, 0.3) is 0 Å². The second kappa shape index (κ2) is 6.39. The zero-order chi connectivity index (χ0) is 13.7. The fourth-order valence-corrected chi connectivity index (χ4v) is 2.66. The molecule has 1 N–H and O–H groups in total. The molecule has 2 nitrogen and oxygen atoms in total. The van der Waals surface area contributed by atoms with Crippen LogP contribution < -0.4 is 5.32 Å². The maximum atomic E-state index is 12.1. The number of allylic oxidation sites excluding steroid dienone is 5. The molecule has 0 radical (unpaired) electrons. The van der Waals surface area contributed by atoms with Crippen LogP contribution in [0.2, 0.25) is 0 Å². The van der Waals surface area contributed by atoms with Gasteiger partial charge in [0, 0.05) is 11.6 Å². The first-order chi connectivity index (χ1) is 8.56. The van der Waals surface area contributed by atoms with Crippen LogP contribution >= 0.6 is 0 Å². The van der Waals surface area contributed by atoms with Crippen LogP contribution in [-0.4, -0.2) is 5.91 Å². The minimum atomic E-state index is 0.0400. The molecule has 2 unspecified atom stereocenters. The molecule has 1 rings (SSSR count). The standard InChI is InChI=1S/C16H23NO/c1-6-9-10-13-14(8-3)17-16(18)12(7-2)15(13)11(4)5/h6,8-12,15H,1,3,7H2,2,4-5H3,(H,17,18)/b10-9-. The van der Waals surface area contributed by atoms with Crippen molar-refractivity contribution in [2.75, 3.05) is 0 Å². The normalized spacial score (nSPS) is 24.6. The largest absolute Gasteiger partial charge is 0.326 e. The smallest absolute Gasteiger partial charge is 0.228 e. The summed E-state index contributed by atoms with van der Waals surface area (Å²) in [5, 5.41) is 2.95. The Hall–Kier alpha value is -1.57. The third kappa shape index (κ3) is 2.81. The number of rotatable bonds is 5. The first-order valence-electron chi connectivity index (χ1n) is 6.53. The van der Waals surface area contributed by atoms with Gasteiger partial charge in [-0.2, -0.15) is 0 Å².